The molecule has 0 bridgehead atoms. The van der Waals surface area contributed by atoms with Crippen LogP contribution in [0.1, 0.15) is 0 Å². The fourth-order valence-corrected chi connectivity index (χ4v) is 2.45. The maximum Gasteiger partial charge on any atom is 0.244 e. The molecule has 106 valence electrons. The van der Waals surface area contributed by atoms with Crippen LogP contribution in [0.4, 0.5) is 5.95 Å². The van der Waals surface area contributed by atoms with Crippen LogP contribution >= 0.6 is 0 Å². The second-order valence-electron chi connectivity index (χ2n) is 4.91. The molecule has 2 aromatic heterocycles. The Morgan fingerprint density at radius 2 is 2.00 bits per heavy atom. The number of carbonyl (C=O) groups excluding carboxylic acids is 1. The number of nitrogens with zero attached hydrogens (tertiary/aromatic N) is 6. The molecule has 3 rings (SSSR count). The Bertz CT molecular complexity index is 567. The molecule has 0 radical (unpaired) electrons. The minimum atomic E-state index is 0.119. The Balaban J connectivity index is 1.56. The lowest BCUT2D eigenvalue weighted by Crippen LogP contribution is -2.50. The van der Waals surface area contributed by atoms with Crippen LogP contribution in [0.25, 0.3) is 0 Å². The molecule has 20 heavy (non-hydrogen) atoms. The standard InChI is InChI=1S/C13H18N6O/c1-16-6-4-14-13(16)18-9-7-17(8-10-18)12(20)11-19-5-2-3-15-19/h2-6H,7-11H2,1H3. The van der Waals surface area contributed by atoms with E-state index in [9.17, 15) is 4.79 Å². The van der Waals surface area contributed by atoms with E-state index >= 15 is 0 Å². The van der Waals surface area contributed by atoms with Crippen molar-refractivity contribution in [1.29, 1.82) is 0 Å². The smallest absolute Gasteiger partial charge is 0.244 e. The number of aryl methyl sites for hydroxylation is 1. The molecule has 1 amide bonds. The summed E-state index contributed by atoms with van der Waals surface area (Å²) in [5.74, 6) is 1.08. The zero-order valence-electron chi connectivity index (χ0n) is 11.5. The van der Waals surface area contributed by atoms with Gasteiger partial charge in [0.05, 0.1) is 0 Å². The monoisotopic (exact) mass is 274 g/mol. The number of carbonyl (C=O) groups is 1. The predicted molar refractivity (Wildman–Crippen MR) is 74.2 cm³/mol. The molecule has 0 aromatic carbocycles. The van der Waals surface area contributed by atoms with E-state index < -0.39 is 0 Å². The highest BCUT2D eigenvalue weighted by Crippen LogP contribution is 2.13. The normalized spacial score (nSPS) is 15.7. The molecule has 0 saturated carbocycles. The Morgan fingerprint density at radius 3 is 2.60 bits per heavy atom. The molecular weight excluding hydrogens is 256 g/mol. The zero-order valence-corrected chi connectivity index (χ0v) is 11.5. The van der Waals surface area contributed by atoms with E-state index in [-0.39, 0.29) is 5.91 Å². The van der Waals surface area contributed by atoms with Crippen molar-refractivity contribution in [2.75, 3.05) is 31.1 Å². The molecule has 7 heteroatoms. The van der Waals surface area contributed by atoms with Crippen molar-refractivity contribution < 1.29 is 4.79 Å². The van der Waals surface area contributed by atoms with Gasteiger partial charge >= 0.3 is 0 Å². The topological polar surface area (TPSA) is 59.2 Å². The van der Waals surface area contributed by atoms with E-state index in [0.29, 0.717) is 6.54 Å². The first kappa shape index (κ1) is 12.7. The van der Waals surface area contributed by atoms with Crippen LogP contribution in [0, 0.1) is 0 Å². The molecule has 1 aliphatic rings. The summed E-state index contributed by atoms with van der Waals surface area (Å²) in [6, 6.07) is 1.83. The third-order valence-corrected chi connectivity index (χ3v) is 3.57. The Labute approximate surface area is 117 Å². The van der Waals surface area contributed by atoms with Crippen LogP contribution in [0.2, 0.25) is 0 Å². The molecule has 0 unspecified atom stereocenters. The molecule has 7 nitrogen and oxygen atoms in total. The van der Waals surface area contributed by atoms with E-state index in [1.807, 2.05) is 35.0 Å². The second-order valence-corrected chi connectivity index (χ2v) is 4.91. The van der Waals surface area contributed by atoms with Gasteiger partial charge in [0, 0.05) is 58.0 Å². The molecule has 3 heterocycles. The van der Waals surface area contributed by atoms with Crippen molar-refractivity contribution in [2.45, 2.75) is 6.54 Å². The van der Waals surface area contributed by atoms with Crippen LogP contribution in [-0.4, -0.2) is 56.3 Å². The molecular formula is C13H18N6O. The van der Waals surface area contributed by atoms with Crippen molar-refractivity contribution >= 4 is 11.9 Å². The fourth-order valence-electron chi connectivity index (χ4n) is 2.45. The highest BCUT2D eigenvalue weighted by molar-refractivity contribution is 5.76. The molecule has 0 N–H and O–H groups in total. The van der Waals surface area contributed by atoms with Gasteiger partial charge in [-0.25, -0.2) is 4.98 Å². The van der Waals surface area contributed by atoms with Crippen LogP contribution in [0.5, 0.6) is 0 Å². The van der Waals surface area contributed by atoms with Gasteiger partial charge in [-0.3, -0.25) is 9.48 Å². The van der Waals surface area contributed by atoms with Crippen LogP contribution in [0.15, 0.2) is 30.9 Å². The molecule has 0 spiro atoms. The Morgan fingerprint density at radius 1 is 1.20 bits per heavy atom. The van der Waals surface area contributed by atoms with Gasteiger partial charge in [-0.15, -0.1) is 0 Å². The van der Waals surface area contributed by atoms with Crippen LogP contribution in [-0.2, 0) is 18.4 Å². The number of imidazole rings is 1. The van der Waals surface area contributed by atoms with Crippen molar-refractivity contribution in [3.8, 4) is 0 Å². The number of aromatic nitrogens is 4. The Hall–Kier alpha value is -2.31. The van der Waals surface area contributed by atoms with Crippen molar-refractivity contribution in [2.24, 2.45) is 7.05 Å². The van der Waals surface area contributed by atoms with Crippen molar-refractivity contribution in [3.05, 3.63) is 30.9 Å². The van der Waals surface area contributed by atoms with Crippen LogP contribution in [0.3, 0.4) is 0 Å². The first-order valence-corrected chi connectivity index (χ1v) is 6.71. The molecule has 0 atom stereocenters. The van der Waals surface area contributed by atoms with E-state index in [0.717, 1.165) is 32.1 Å². The second kappa shape index (κ2) is 5.36. The fraction of sp³-hybridized carbons (Fsp3) is 0.462. The van der Waals surface area contributed by atoms with Gasteiger partial charge in [-0.2, -0.15) is 5.10 Å². The number of anilines is 1. The molecule has 0 aliphatic carbocycles. The van der Waals surface area contributed by atoms with E-state index in [4.69, 9.17) is 0 Å². The average Bonchev–Trinajstić information content (AvgIpc) is 3.10. The highest BCUT2D eigenvalue weighted by atomic mass is 16.2. The summed E-state index contributed by atoms with van der Waals surface area (Å²) in [6.07, 6.45) is 7.23. The van der Waals surface area contributed by atoms with Gasteiger partial charge in [-0.1, -0.05) is 0 Å². The number of hydrogen-bond donors (Lipinski definition) is 0. The summed E-state index contributed by atoms with van der Waals surface area (Å²) >= 11 is 0. The number of hydrogen-bond acceptors (Lipinski definition) is 4. The largest absolute Gasteiger partial charge is 0.339 e. The summed E-state index contributed by atoms with van der Waals surface area (Å²) in [5.41, 5.74) is 0. The lowest BCUT2D eigenvalue weighted by molar-refractivity contribution is -0.132. The molecule has 1 saturated heterocycles. The first-order chi connectivity index (χ1) is 9.74. The SMILES string of the molecule is Cn1ccnc1N1CCN(C(=O)Cn2cccn2)CC1. The number of piperazine rings is 1. The summed E-state index contributed by atoms with van der Waals surface area (Å²) in [6.45, 7) is 3.40. The van der Waals surface area contributed by atoms with E-state index in [1.54, 1.807) is 17.1 Å². The van der Waals surface area contributed by atoms with Gasteiger partial charge < -0.3 is 14.4 Å². The van der Waals surface area contributed by atoms with E-state index in [1.165, 1.54) is 0 Å². The maximum atomic E-state index is 12.2. The predicted octanol–water partition coefficient (Wildman–Crippen LogP) is -0.0346. The molecule has 1 aliphatic heterocycles. The maximum absolute atomic E-state index is 12.2. The average molecular weight is 274 g/mol. The molecule has 1 fully saturated rings. The first-order valence-electron chi connectivity index (χ1n) is 6.71. The third kappa shape index (κ3) is 2.52. The zero-order chi connectivity index (χ0) is 13.9. The quantitative estimate of drug-likeness (QED) is 0.788. The van der Waals surface area contributed by atoms with E-state index in [2.05, 4.69) is 15.0 Å². The minimum Gasteiger partial charge on any atom is -0.339 e. The van der Waals surface area contributed by atoms with Gasteiger partial charge in [0.15, 0.2) is 0 Å². The van der Waals surface area contributed by atoms with Gasteiger partial charge in [0.25, 0.3) is 0 Å². The van der Waals surface area contributed by atoms with Gasteiger partial charge in [0.1, 0.15) is 6.54 Å². The van der Waals surface area contributed by atoms with Crippen molar-refractivity contribution in [3.63, 3.8) is 0 Å². The van der Waals surface area contributed by atoms with Crippen LogP contribution < -0.4 is 4.90 Å². The van der Waals surface area contributed by atoms with Gasteiger partial charge in [-0.05, 0) is 6.07 Å². The minimum absolute atomic E-state index is 0.119. The lowest BCUT2D eigenvalue weighted by atomic mass is 10.3. The molecule has 2 aromatic rings. The van der Waals surface area contributed by atoms with Gasteiger partial charge in [0.2, 0.25) is 11.9 Å². The lowest BCUT2D eigenvalue weighted by Gasteiger charge is -2.35. The summed E-state index contributed by atoms with van der Waals surface area (Å²) in [4.78, 5) is 20.6. The summed E-state index contributed by atoms with van der Waals surface area (Å²) in [7, 11) is 1.98. The number of amides is 1. The summed E-state index contributed by atoms with van der Waals surface area (Å²) in [5, 5.41) is 4.06. The highest BCUT2D eigenvalue weighted by Gasteiger charge is 2.23. The third-order valence-electron chi connectivity index (χ3n) is 3.57. The van der Waals surface area contributed by atoms with Crippen molar-refractivity contribution in [1.82, 2.24) is 24.2 Å². The summed E-state index contributed by atoms with van der Waals surface area (Å²) < 4.78 is 3.66. The Kier molecular flexibility index (Phi) is 3.41. The number of rotatable bonds is 3.